The van der Waals surface area contributed by atoms with Crippen molar-refractivity contribution in [1.82, 2.24) is 9.78 Å². The molecular weight excluding hydrogens is 306 g/mol. The maximum atomic E-state index is 12.4. The van der Waals surface area contributed by atoms with E-state index in [4.69, 9.17) is 4.74 Å². The number of anilines is 1. The van der Waals surface area contributed by atoms with Crippen LogP contribution in [0.4, 0.5) is 5.69 Å². The molecule has 3 rings (SSSR count). The number of aromatic nitrogens is 2. The molecule has 1 aromatic heterocycles. The van der Waals surface area contributed by atoms with Crippen LogP contribution in [-0.4, -0.2) is 22.8 Å². The molecule has 24 heavy (non-hydrogen) atoms. The molecule has 0 atom stereocenters. The van der Waals surface area contributed by atoms with E-state index in [-0.39, 0.29) is 18.0 Å². The van der Waals surface area contributed by atoms with Crippen molar-refractivity contribution in [3.05, 3.63) is 64.6 Å². The lowest BCUT2D eigenvalue weighted by atomic mass is 10.2. The summed E-state index contributed by atoms with van der Waals surface area (Å²) >= 11 is 0. The number of carbonyl (C=O) groups excluding carboxylic acids is 1. The van der Waals surface area contributed by atoms with Gasteiger partial charge >= 0.3 is 0 Å². The molecule has 122 valence electrons. The number of aryl methyl sites for hydroxylation is 1. The van der Waals surface area contributed by atoms with Gasteiger partial charge in [0.1, 0.15) is 12.3 Å². The molecule has 1 N–H and O–H groups in total. The summed E-state index contributed by atoms with van der Waals surface area (Å²) in [5.74, 6) is 0.219. The number of amides is 1. The number of carbonyl (C=O) groups is 1. The van der Waals surface area contributed by atoms with Crippen molar-refractivity contribution in [1.29, 1.82) is 0 Å². The molecular formula is C18H17N3O3. The minimum atomic E-state index is -0.344. The van der Waals surface area contributed by atoms with Crippen LogP contribution in [0.5, 0.6) is 5.75 Å². The summed E-state index contributed by atoms with van der Waals surface area (Å²) in [4.78, 5) is 24.7. The molecule has 0 unspecified atom stereocenters. The number of hydrogen-bond acceptors (Lipinski definition) is 4. The fourth-order valence-electron chi connectivity index (χ4n) is 2.49. The van der Waals surface area contributed by atoms with Crippen LogP contribution < -0.4 is 15.6 Å². The van der Waals surface area contributed by atoms with Gasteiger partial charge < -0.3 is 10.1 Å². The summed E-state index contributed by atoms with van der Waals surface area (Å²) in [5, 5.41) is 8.11. The van der Waals surface area contributed by atoms with Gasteiger partial charge in [0.05, 0.1) is 24.4 Å². The Kier molecular flexibility index (Phi) is 4.29. The molecule has 0 spiro atoms. The highest BCUT2D eigenvalue weighted by Crippen LogP contribution is 2.25. The van der Waals surface area contributed by atoms with E-state index in [1.54, 1.807) is 24.4 Å². The van der Waals surface area contributed by atoms with E-state index in [0.29, 0.717) is 16.8 Å². The fraction of sp³-hybridized carbons (Fsp3) is 0.167. The maximum absolute atomic E-state index is 12.4. The molecule has 0 aliphatic rings. The highest BCUT2D eigenvalue weighted by Gasteiger charge is 2.11. The molecule has 0 fully saturated rings. The summed E-state index contributed by atoms with van der Waals surface area (Å²) in [6.07, 6.45) is 1.58. The van der Waals surface area contributed by atoms with Gasteiger partial charge in [0.2, 0.25) is 5.91 Å². The Bertz CT molecular complexity index is 963. The van der Waals surface area contributed by atoms with E-state index in [2.05, 4.69) is 10.4 Å². The fourth-order valence-corrected chi connectivity index (χ4v) is 2.49. The quantitative estimate of drug-likeness (QED) is 0.800. The molecule has 1 amide bonds. The van der Waals surface area contributed by atoms with E-state index in [1.165, 1.54) is 7.11 Å². The zero-order valence-corrected chi connectivity index (χ0v) is 13.4. The zero-order chi connectivity index (χ0) is 17.1. The van der Waals surface area contributed by atoms with E-state index in [0.717, 1.165) is 15.6 Å². The molecule has 6 heteroatoms. The van der Waals surface area contributed by atoms with Crippen molar-refractivity contribution in [2.75, 3.05) is 12.4 Å². The minimum Gasteiger partial charge on any atom is -0.495 e. The Labute approximate surface area is 138 Å². The normalized spacial score (nSPS) is 10.6. The Morgan fingerprint density at radius 2 is 2.04 bits per heavy atom. The van der Waals surface area contributed by atoms with Crippen molar-refractivity contribution < 1.29 is 9.53 Å². The lowest BCUT2D eigenvalue weighted by molar-refractivity contribution is -0.117. The topological polar surface area (TPSA) is 73.2 Å². The van der Waals surface area contributed by atoms with Gasteiger partial charge in [-0.15, -0.1) is 0 Å². The van der Waals surface area contributed by atoms with Gasteiger partial charge in [-0.2, -0.15) is 5.10 Å². The largest absolute Gasteiger partial charge is 0.495 e. The second kappa shape index (κ2) is 6.54. The van der Waals surface area contributed by atoms with Gasteiger partial charge in [0.15, 0.2) is 0 Å². The number of nitrogens with zero attached hydrogens (tertiary/aromatic N) is 2. The molecule has 0 bridgehead atoms. The van der Waals surface area contributed by atoms with Gasteiger partial charge in [0.25, 0.3) is 5.56 Å². The Hall–Kier alpha value is -3.15. The van der Waals surface area contributed by atoms with Crippen LogP contribution in [0.25, 0.3) is 10.8 Å². The number of nitrogens with one attached hydrogen (secondary N) is 1. The molecule has 0 saturated carbocycles. The summed E-state index contributed by atoms with van der Waals surface area (Å²) in [5.41, 5.74) is 1.27. The summed E-state index contributed by atoms with van der Waals surface area (Å²) in [6, 6.07) is 12.6. The van der Waals surface area contributed by atoms with Crippen LogP contribution in [0, 0.1) is 6.92 Å². The van der Waals surface area contributed by atoms with E-state index < -0.39 is 0 Å². The number of methoxy groups -OCH3 is 1. The van der Waals surface area contributed by atoms with Crippen molar-refractivity contribution in [2.24, 2.45) is 0 Å². The maximum Gasteiger partial charge on any atom is 0.275 e. The van der Waals surface area contributed by atoms with Crippen LogP contribution in [0.1, 0.15) is 5.56 Å². The van der Waals surface area contributed by atoms with Crippen molar-refractivity contribution in [3.8, 4) is 5.75 Å². The SMILES string of the molecule is COc1ccc(C)cc1NC(=O)Cn1ncc2ccccc2c1=O. The molecule has 1 heterocycles. The molecule has 6 nitrogen and oxygen atoms in total. The number of ether oxygens (including phenoxy) is 1. The number of benzene rings is 2. The molecule has 0 aliphatic carbocycles. The Morgan fingerprint density at radius 3 is 2.83 bits per heavy atom. The Balaban J connectivity index is 1.84. The van der Waals surface area contributed by atoms with Crippen LogP contribution in [0.3, 0.4) is 0 Å². The van der Waals surface area contributed by atoms with Crippen molar-refractivity contribution >= 4 is 22.4 Å². The lowest BCUT2D eigenvalue weighted by Gasteiger charge is -2.11. The summed E-state index contributed by atoms with van der Waals surface area (Å²) in [7, 11) is 1.54. The first-order chi connectivity index (χ1) is 11.6. The number of rotatable bonds is 4. The molecule has 0 saturated heterocycles. The van der Waals surface area contributed by atoms with E-state index in [1.807, 2.05) is 31.2 Å². The second-order valence-electron chi connectivity index (χ2n) is 5.45. The molecule has 3 aromatic rings. The number of fused-ring (bicyclic) bond motifs is 1. The van der Waals surface area contributed by atoms with Crippen LogP contribution in [-0.2, 0) is 11.3 Å². The minimum absolute atomic E-state index is 0.166. The third kappa shape index (κ3) is 3.12. The second-order valence-corrected chi connectivity index (χ2v) is 5.45. The van der Waals surface area contributed by atoms with Crippen molar-refractivity contribution in [2.45, 2.75) is 13.5 Å². The van der Waals surface area contributed by atoms with Crippen LogP contribution >= 0.6 is 0 Å². The lowest BCUT2D eigenvalue weighted by Crippen LogP contribution is -2.29. The zero-order valence-electron chi connectivity index (χ0n) is 13.4. The van der Waals surface area contributed by atoms with Crippen molar-refractivity contribution in [3.63, 3.8) is 0 Å². The first kappa shape index (κ1) is 15.7. The first-order valence-electron chi connectivity index (χ1n) is 7.48. The average molecular weight is 323 g/mol. The third-order valence-corrected chi connectivity index (χ3v) is 3.68. The van der Waals surface area contributed by atoms with Gasteiger partial charge in [-0.1, -0.05) is 24.3 Å². The van der Waals surface area contributed by atoms with E-state index >= 15 is 0 Å². The monoisotopic (exact) mass is 323 g/mol. The molecule has 2 aromatic carbocycles. The summed E-state index contributed by atoms with van der Waals surface area (Å²) in [6.45, 7) is 1.76. The van der Waals surface area contributed by atoms with Crippen LogP contribution in [0.2, 0.25) is 0 Å². The third-order valence-electron chi connectivity index (χ3n) is 3.68. The predicted octanol–water partition coefficient (Wildman–Crippen LogP) is 2.35. The molecule has 0 aliphatic heterocycles. The standard InChI is InChI=1S/C18H17N3O3/c1-12-7-8-16(24-2)15(9-12)20-17(22)11-21-18(23)14-6-4-3-5-13(14)10-19-21/h3-10H,11H2,1-2H3,(H,20,22). The Morgan fingerprint density at radius 1 is 1.25 bits per heavy atom. The van der Waals surface area contributed by atoms with Gasteiger partial charge in [0, 0.05) is 5.39 Å². The predicted molar refractivity (Wildman–Crippen MR) is 92.4 cm³/mol. The van der Waals surface area contributed by atoms with Gasteiger partial charge in [-0.05, 0) is 30.7 Å². The smallest absolute Gasteiger partial charge is 0.275 e. The first-order valence-corrected chi connectivity index (χ1v) is 7.48. The average Bonchev–Trinajstić information content (AvgIpc) is 2.58. The molecule has 0 radical (unpaired) electrons. The van der Waals surface area contributed by atoms with Gasteiger partial charge in [-0.25, -0.2) is 4.68 Å². The summed E-state index contributed by atoms with van der Waals surface area (Å²) < 4.78 is 6.39. The highest BCUT2D eigenvalue weighted by atomic mass is 16.5. The van der Waals surface area contributed by atoms with Gasteiger partial charge in [-0.3, -0.25) is 9.59 Å². The number of hydrogen-bond donors (Lipinski definition) is 1. The van der Waals surface area contributed by atoms with E-state index in [9.17, 15) is 9.59 Å². The highest BCUT2D eigenvalue weighted by molar-refractivity contribution is 5.92. The van der Waals surface area contributed by atoms with Crippen LogP contribution in [0.15, 0.2) is 53.5 Å².